The van der Waals surface area contributed by atoms with Crippen LogP contribution in [-0.4, -0.2) is 13.1 Å². The van der Waals surface area contributed by atoms with Crippen LogP contribution in [0, 0.1) is 0 Å². The van der Waals surface area contributed by atoms with E-state index in [0.717, 1.165) is 30.2 Å². The zero-order valence-electron chi connectivity index (χ0n) is 11.6. The molecular formula is C17H20O2. The van der Waals surface area contributed by atoms with E-state index in [9.17, 15) is 4.79 Å². The molecule has 2 heteroatoms. The summed E-state index contributed by atoms with van der Waals surface area (Å²) < 4.78 is 4.97. The lowest BCUT2D eigenvalue weighted by Crippen LogP contribution is -2.14. The summed E-state index contributed by atoms with van der Waals surface area (Å²) in [4.78, 5) is 12.0. The van der Waals surface area contributed by atoms with Crippen molar-refractivity contribution in [3.05, 3.63) is 48.0 Å². The molecule has 2 aromatic rings. The second kappa shape index (κ2) is 6.37. The van der Waals surface area contributed by atoms with E-state index in [2.05, 4.69) is 25.1 Å². The molecule has 0 radical (unpaired) electrons. The van der Waals surface area contributed by atoms with E-state index in [1.54, 1.807) is 0 Å². The lowest BCUT2D eigenvalue weighted by atomic mass is 9.89. The van der Waals surface area contributed by atoms with Crippen molar-refractivity contribution >= 4 is 16.7 Å². The SMILES string of the molecule is CCCCC(C(=O)OC)c1cccc2ccccc12. The van der Waals surface area contributed by atoms with E-state index in [4.69, 9.17) is 4.74 Å². The summed E-state index contributed by atoms with van der Waals surface area (Å²) in [5, 5.41) is 2.32. The van der Waals surface area contributed by atoms with Crippen molar-refractivity contribution < 1.29 is 9.53 Å². The summed E-state index contributed by atoms with van der Waals surface area (Å²) in [6, 6.07) is 14.3. The quantitative estimate of drug-likeness (QED) is 0.746. The minimum atomic E-state index is -0.156. The number of carbonyl (C=O) groups excluding carboxylic acids is 1. The number of esters is 1. The Balaban J connectivity index is 2.46. The molecule has 2 rings (SSSR count). The molecule has 0 amide bonds. The molecule has 1 unspecified atom stereocenters. The highest BCUT2D eigenvalue weighted by Gasteiger charge is 2.22. The van der Waals surface area contributed by atoms with Crippen molar-refractivity contribution in [2.75, 3.05) is 7.11 Å². The Kier molecular flexibility index (Phi) is 4.56. The maximum atomic E-state index is 12.0. The van der Waals surface area contributed by atoms with Crippen LogP contribution in [0.1, 0.15) is 37.7 Å². The molecule has 0 saturated carbocycles. The molecule has 2 aromatic carbocycles. The van der Waals surface area contributed by atoms with Gasteiger partial charge in [0.1, 0.15) is 0 Å². The Bertz CT molecular complexity index is 555. The topological polar surface area (TPSA) is 26.3 Å². The lowest BCUT2D eigenvalue weighted by Gasteiger charge is -2.16. The summed E-state index contributed by atoms with van der Waals surface area (Å²) in [7, 11) is 1.46. The highest BCUT2D eigenvalue weighted by Crippen LogP contribution is 2.30. The number of fused-ring (bicyclic) bond motifs is 1. The molecule has 19 heavy (non-hydrogen) atoms. The van der Waals surface area contributed by atoms with E-state index in [1.807, 2.05) is 24.3 Å². The van der Waals surface area contributed by atoms with Crippen LogP contribution in [0.5, 0.6) is 0 Å². The van der Waals surface area contributed by atoms with E-state index < -0.39 is 0 Å². The van der Waals surface area contributed by atoms with E-state index in [0.29, 0.717) is 0 Å². The average molecular weight is 256 g/mol. The molecule has 0 aliphatic carbocycles. The van der Waals surface area contributed by atoms with Crippen LogP contribution >= 0.6 is 0 Å². The highest BCUT2D eigenvalue weighted by molar-refractivity contribution is 5.91. The molecule has 0 aromatic heterocycles. The first-order chi connectivity index (χ1) is 9.27. The van der Waals surface area contributed by atoms with Gasteiger partial charge in [0.15, 0.2) is 0 Å². The van der Waals surface area contributed by atoms with Crippen LogP contribution in [0.2, 0.25) is 0 Å². The van der Waals surface area contributed by atoms with Gasteiger partial charge in [-0.2, -0.15) is 0 Å². The zero-order chi connectivity index (χ0) is 13.7. The van der Waals surface area contributed by atoms with Gasteiger partial charge in [0.2, 0.25) is 0 Å². The van der Waals surface area contributed by atoms with Crippen LogP contribution in [0.4, 0.5) is 0 Å². The first-order valence-corrected chi connectivity index (χ1v) is 6.83. The number of hydrogen-bond acceptors (Lipinski definition) is 2. The maximum absolute atomic E-state index is 12.0. The molecule has 0 spiro atoms. The summed E-state index contributed by atoms with van der Waals surface area (Å²) in [6.07, 6.45) is 2.96. The molecule has 100 valence electrons. The van der Waals surface area contributed by atoms with Gasteiger partial charge in [-0.25, -0.2) is 0 Å². The second-order valence-electron chi connectivity index (χ2n) is 4.79. The molecule has 2 nitrogen and oxygen atoms in total. The summed E-state index contributed by atoms with van der Waals surface area (Å²) in [5.41, 5.74) is 1.08. The third-order valence-corrected chi connectivity index (χ3v) is 3.53. The number of carbonyl (C=O) groups is 1. The van der Waals surface area contributed by atoms with Crippen LogP contribution < -0.4 is 0 Å². The standard InChI is InChI=1S/C17H20O2/c1-3-4-10-16(17(18)19-2)15-12-7-9-13-8-5-6-11-14(13)15/h5-9,11-12,16H,3-4,10H2,1-2H3. The summed E-state index contributed by atoms with van der Waals surface area (Å²) in [6.45, 7) is 2.14. The van der Waals surface area contributed by atoms with Gasteiger partial charge in [0.05, 0.1) is 13.0 Å². The number of ether oxygens (including phenoxy) is 1. The number of benzene rings is 2. The smallest absolute Gasteiger partial charge is 0.313 e. The van der Waals surface area contributed by atoms with Gasteiger partial charge < -0.3 is 4.74 Å². The molecule has 0 saturated heterocycles. The number of unbranched alkanes of at least 4 members (excludes halogenated alkanes) is 1. The Morgan fingerprint density at radius 3 is 2.63 bits per heavy atom. The van der Waals surface area contributed by atoms with Crippen molar-refractivity contribution in [1.82, 2.24) is 0 Å². The van der Waals surface area contributed by atoms with Crippen molar-refractivity contribution in [3.63, 3.8) is 0 Å². The average Bonchev–Trinajstić information content (AvgIpc) is 2.47. The number of hydrogen-bond donors (Lipinski definition) is 0. The number of methoxy groups -OCH3 is 1. The monoisotopic (exact) mass is 256 g/mol. The third kappa shape index (κ3) is 2.95. The largest absolute Gasteiger partial charge is 0.469 e. The fraction of sp³-hybridized carbons (Fsp3) is 0.353. The van der Waals surface area contributed by atoms with Gasteiger partial charge >= 0.3 is 5.97 Å². The van der Waals surface area contributed by atoms with E-state index >= 15 is 0 Å². The minimum Gasteiger partial charge on any atom is -0.469 e. The highest BCUT2D eigenvalue weighted by atomic mass is 16.5. The van der Waals surface area contributed by atoms with Crippen molar-refractivity contribution in [3.8, 4) is 0 Å². The summed E-state index contributed by atoms with van der Waals surface area (Å²) >= 11 is 0. The zero-order valence-corrected chi connectivity index (χ0v) is 11.6. The van der Waals surface area contributed by atoms with Gasteiger partial charge in [-0.3, -0.25) is 4.79 Å². The minimum absolute atomic E-state index is 0.134. The predicted molar refractivity (Wildman–Crippen MR) is 78.2 cm³/mol. The van der Waals surface area contributed by atoms with Crippen LogP contribution in [0.3, 0.4) is 0 Å². The molecule has 1 atom stereocenters. The Morgan fingerprint density at radius 2 is 1.89 bits per heavy atom. The Hall–Kier alpha value is -1.83. The molecule has 0 fully saturated rings. The lowest BCUT2D eigenvalue weighted by molar-refractivity contribution is -0.142. The normalized spacial score (nSPS) is 12.3. The maximum Gasteiger partial charge on any atom is 0.313 e. The Morgan fingerprint density at radius 1 is 1.16 bits per heavy atom. The van der Waals surface area contributed by atoms with Crippen LogP contribution in [-0.2, 0) is 9.53 Å². The van der Waals surface area contributed by atoms with E-state index in [-0.39, 0.29) is 11.9 Å². The first-order valence-electron chi connectivity index (χ1n) is 6.83. The van der Waals surface area contributed by atoms with Gasteiger partial charge in [-0.05, 0) is 22.8 Å². The van der Waals surface area contributed by atoms with Crippen LogP contribution in [0.15, 0.2) is 42.5 Å². The number of rotatable bonds is 5. The van der Waals surface area contributed by atoms with Crippen molar-refractivity contribution in [1.29, 1.82) is 0 Å². The summed E-state index contributed by atoms with van der Waals surface area (Å²) in [5.74, 6) is -0.291. The van der Waals surface area contributed by atoms with Gasteiger partial charge in [0, 0.05) is 0 Å². The van der Waals surface area contributed by atoms with Gasteiger partial charge in [-0.1, -0.05) is 62.2 Å². The second-order valence-corrected chi connectivity index (χ2v) is 4.79. The molecule has 0 N–H and O–H groups in total. The molecular weight excluding hydrogens is 236 g/mol. The molecule has 0 aliphatic heterocycles. The molecule has 0 heterocycles. The Labute approximate surface area is 114 Å². The van der Waals surface area contributed by atoms with Crippen molar-refractivity contribution in [2.45, 2.75) is 32.1 Å². The third-order valence-electron chi connectivity index (χ3n) is 3.53. The predicted octanol–water partition coefficient (Wildman–Crippen LogP) is 4.29. The fourth-order valence-electron chi connectivity index (χ4n) is 2.51. The van der Waals surface area contributed by atoms with Crippen LogP contribution in [0.25, 0.3) is 10.8 Å². The van der Waals surface area contributed by atoms with Gasteiger partial charge in [-0.15, -0.1) is 0 Å². The van der Waals surface area contributed by atoms with Crippen molar-refractivity contribution in [2.24, 2.45) is 0 Å². The van der Waals surface area contributed by atoms with E-state index in [1.165, 1.54) is 12.5 Å². The van der Waals surface area contributed by atoms with Gasteiger partial charge in [0.25, 0.3) is 0 Å². The molecule has 0 aliphatic rings. The molecule has 0 bridgehead atoms. The first kappa shape index (κ1) is 13.6. The fourth-order valence-corrected chi connectivity index (χ4v) is 2.51.